The summed E-state index contributed by atoms with van der Waals surface area (Å²) in [4.78, 5) is 24.7. The maximum Gasteiger partial charge on any atom is 0.416 e. The summed E-state index contributed by atoms with van der Waals surface area (Å²) in [6, 6.07) is 14.6. The largest absolute Gasteiger partial charge is 0.416 e. The molecule has 3 rings (SSSR count). The molecule has 0 spiro atoms. The molecule has 0 fully saturated rings. The molecule has 0 heterocycles. The predicted molar refractivity (Wildman–Crippen MR) is 109 cm³/mol. The normalized spacial score (nSPS) is 11.0. The fourth-order valence-electron chi connectivity index (χ4n) is 2.61. The molecule has 154 valence electrons. The minimum Gasteiger partial charge on any atom is -0.399 e. The van der Waals surface area contributed by atoms with Gasteiger partial charge < -0.3 is 22.1 Å². The maximum absolute atomic E-state index is 13.3. The molecular formula is C21H17F3N4O2. The topological polar surface area (TPSA) is 110 Å². The zero-order valence-corrected chi connectivity index (χ0v) is 15.5. The van der Waals surface area contributed by atoms with Crippen LogP contribution in [0.2, 0.25) is 0 Å². The van der Waals surface area contributed by atoms with E-state index in [2.05, 4.69) is 10.6 Å². The monoisotopic (exact) mass is 414 g/mol. The second-order valence-electron chi connectivity index (χ2n) is 6.45. The van der Waals surface area contributed by atoms with Crippen molar-refractivity contribution in [1.29, 1.82) is 0 Å². The number of rotatable bonds is 4. The zero-order valence-electron chi connectivity index (χ0n) is 15.5. The molecule has 0 aliphatic carbocycles. The number of amides is 2. The molecule has 0 atom stereocenters. The highest BCUT2D eigenvalue weighted by molar-refractivity contribution is 6.06. The molecular weight excluding hydrogens is 397 g/mol. The van der Waals surface area contributed by atoms with Crippen LogP contribution in [0.4, 0.5) is 35.9 Å². The number of nitrogens with one attached hydrogen (secondary N) is 2. The van der Waals surface area contributed by atoms with Crippen LogP contribution in [0, 0.1) is 0 Å². The molecule has 2 amide bonds. The van der Waals surface area contributed by atoms with Gasteiger partial charge in [-0.1, -0.05) is 0 Å². The Morgan fingerprint density at radius 2 is 1.03 bits per heavy atom. The second-order valence-corrected chi connectivity index (χ2v) is 6.45. The van der Waals surface area contributed by atoms with Crippen molar-refractivity contribution in [3.8, 4) is 0 Å². The third-order valence-corrected chi connectivity index (χ3v) is 4.12. The molecule has 0 bridgehead atoms. The third kappa shape index (κ3) is 5.07. The Morgan fingerprint density at radius 1 is 0.667 bits per heavy atom. The number of alkyl halides is 3. The van der Waals surface area contributed by atoms with Crippen molar-refractivity contribution in [1.82, 2.24) is 0 Å². The quantitative estimate of drug-likeness (QED) is 0.475. The van der Waals surface area contributed by atoms with Gasteiger partial charge in [-0.25, -0.2) is 0 Å². The zero-order chi connectivity index (χ0) is 21.9. The first-order valence-electron chi connectivity index (χ1n) is 8.68. The van der Waals surface area contributed by atoms with Crippen LogP contribution in [0.5, 0.6) is 0 Å². The summed E-state index contributed by atoms with van der Waals surface area (Å²) in [6.07, 6.45) is -4.68. The molecule has 0 saturated heterocycles. The molecule has 0 aliphatic rings. The molecule has 9 heteroatoms. The van der Waals surface area contributed by atoms with E-state index in [1.165, 1.54) is 54.6 Å². The summed E-state index contributed by atoms with van der Waals surface area (Å²) in [5.74, 6) is -1.24. The fraction of sp³-hybridized carbons (Fsp3) is 0.0476. The molecule has 0 unspecified atom stereocenters. The molecule has 30 heavy (non-hydrogen) atoms. The summed E-state index contributed by atoms with van der Waals surface area (Å²) in [7, 11) is 0. The minimum atomic E-state index is -4.68. The second kappa shape index (κ2) is 8.16. The third-order valence-electron chi connectivity index (χ3n) is 4.12. The Labute approximate surface area is 169 Å². The highest BCUT2D eigenvalue weighted by Crippen LogP contribution is 2.33. The average Bonchev–Trinajstić information content (AvgIpc) is 2.68. The van der Waals surface area contributed by atoms with E-state index in [0.29, 0.717) is 11.4 Å². The first-order valence-corrected chi connectivity index (χ1v) is 8.68. The van der Waals surface area contributed by atoms with Gasteiger partial charge in [0.15, 0.2) is 0 Å². The molecule has 0 saturated carbocycles. The Kier molecular flexibility index (Phi) is 5.63. The molecule has 3 aromatic rings. The number of nitrogens with two attached hydrogens (primary N) is 2. The van der Waals surface area contributed by atoms with Gasteiger partial charge >= 0.3 is 6.18 Å². The highest BCUT2D eigenvalue weighted by Gasteiger charge is 2.31. The number of nitrogen functional groups attached to an aromatic ring is 2. The van der Waals surface area contributed by atoms with Gasteiger partial charge in [0.05, 0.1) is 5.56 Å². The first kappa shape index (κ1) is 20.7. The van der Waals surface area contributed by atoms with Gasteiger partial charge in [0.2, 0.25) is 0 Å². The van der Waals surface area contributed by atoms with Crippen molar-refractivity contribution in [2.75, 3.05) is 22.1 Å². The average molecular weight is 414 g/mol. The van der Waals surface area contributed by atoms with Crippen LogP contribution < -0.4 is 22.1 Å². The van der Waals surface area contributed by atoms with Crippen LogP contribution >= 0.6 is 0 Å². The molecule has 0 aliphatic heterocycles. The van der Waals surface area contributed by atoms with E-state index >= 15 is 0 Å². The van der Waals surface area contributed by atoms with Gasteiger partial charge in [-0.3, -0.25) is 9.59 Å². The smallest absolute Gasteiger partial charge is 0.399 e. The Hall–Kier alpha value is -4.01. The van der Waals surface area contributed by atoms with Crippen molar-refractivity contribution in [3.05, 3.63) is 83.4 Å². The van der Waals surface area contributed by atoms with Crippen molar-refractivity contribution < 1.29 is 22.8 Å². The summed E-state index contributed by atoms with van der Waals surface area (Å²) in [6.45, 7) is 0. The van der Waals surface area contributed by atoms with Crippen molar-refractivity contribution in [3.63, 3.8) is 0 Å². The molecule has 0 aromatic heterocycles. The van der Waals surface area contributed by atoms with Crippen LogP contribution in [0.15, 0.2) is 66.7 Å². The molecule has 0 radical (unpaired) electrons. The lowest BCUT2D eigenvalue weighted by Gasteiger charge is -2.14. The van der Waals surface area contributed by atoms with Gasteiger partial charge in [0.25, 0.3) is 11.8 Å². The van der Waals surface area contributed by atoms with Gasteiger partial charge in [-0.15, -0.1) is 0 Å². The van der Waals surface area contributed by atoms with E-state index in [4.69, 9.17) is 11.5 Å². The van der Waals surface area contributed by atoms with E-state index in [1.54, 1.807) is 0 Å². The van der Waals surface area contributed by atoms with Crippen molar-refractivity contribution >= 4 is 34.6 Å². The number of hydrogen-bond acceptors (Lipinski definition) is 4. The highest BCUT2D eigenvalue weighted by atomic mass is 19.4. The Bertz CT molecular complexity index is 1000. The van der Waals surface area contributed by atoms with Crippen LogP contribution in [-0.2, 0) is 6.18 Å². The predicted octanol–water partition coefficient (Wildman–Crippen LogP) is 4.37. The molecule has 6 N–H and O–H groups in total. The van der Waals surface area contributed by atoms with Gasteiger partial charge in [-0.2, -0.15) is 13.2 Å². The van der Waals surface area contributed by atoms with E-state index < -0.39 is 23.6 Å². The van der Waals surface area contributed by atoms with Crippen LogP contribution in [0.3, 0.4) is 0 Å². The maximum atomic E-state index is 13.3. The van der Waals surface area contributed by atoms with E-state index in [0.717, 1.165) is 12.1 Å². The number of benzene rings is 3. The summed E-state index contributed by atoms with van der Waals surface area (Å²) < 4.78 is 39.9. The van der Waals surface area contributed by atoms with E-state index in [-0.39, 0.29) is 22.5 Å². The molecule has 6 nitrogen and oxygen atoms in total. The van der Waals surface area contributed by atoms with Crippen LogP contribution in [-0.4, -0.2) is 11.8 Å². The molecule has 3 aromatic carbocycles. The lowest BCUT2D eigenvalue weighted by molar-refractivity contribution is -0.137. The van der Waals surface area contributed by atoms with E-state index in [1.807, 2.05) is 0 Å². The fourth-order valence-corrected chi connectivity index (χ4v) is 2.61. The number of carbonyl (C=O) groups excluding carboxylic acids is 2. The number of anilines is 4. The van der Waals surface area contributed by atoms with Crippen molar-refractivity contribution in [2.24, 2.45) is 0 Å². The van der Waals surface area contributed by atoms with Gasteiger partial charge in [0.1, 0.15) is 0 Å². The number of hydrogen-bond donors (Lipinski definition) is 4. The minimum absolute atomic E-state index is 0.126. The SMILES string of the molecule is Nc1ccc(C(=O)Nc2cc(NC(=O)c3ccc(N)cc3)cc(C(F)(F)F)c2)cc1. The van der Waals surface area contributed by atoms with Crippen LogP contribution in [0.25, 0.3) is 0 Å². The summed E-state index contributed by atoms with van der Waals surface area (Å²) in [5, 5.41) is 4.81. The van der Waals surface area contributed by atoms with Crippen molar-refractivity contribution in [2.45, 2.75) is 6.18 Å². The first-order chi connectivity index (χ1) is 14.1. The van der Waals surface area contributed by atoms with Gasteiger partial charge in [-0.05, 0) is 66.7 Å². The number of carbonyl (C=O) groups is 2. The summed E-state index contributed by atoms with van der Waals surface area (Å²) in [5.41, 5.74) is 11.2. The Balaban J connectivity index is 1.88. The Morgan fingerprint density at radius 3 is 1.37 bits per heavy atom. The lowest BCUT2D eigenvalue weighted by Crippen LogP contribution is -2.16. The van der Waals surface area contributed by atoms with Gasteiger partial charge in [0, 0.05) is 33.9 Å². The lowest BCUT2D eigenvalue weighted by atomic mass is 10.1. The summed E-state index contributed by atoms with van der Waals surface area (Å²) >= 11 is 0. The standard InChI is InChI=1S/C21H17F3N4O2/c22-21(23,24)14-9-17(27-19(29)12-1-5-15(25)6-2-12)11-18(10-14)28-20(30)13-3-7-16(26)8-4-13/h1-11H,25-26H2,(H,27,29)(H,28,30). The van der Waals surface area contributed by atoms with Crippen LogP contribution in [0.1, 0.15) is 26.3 Å². The number of halogens is 3. The van der Waals surface area contributed by atoms with E-state index in [9.17, 15) is 22.8 Å².